The van der Waals surface area contributed by atoms with Crippen molar-refractivity contribution in [3.05, 3.63) is 16.6 Å². The number of aromatic nitrogens is 1. The molecule has 5 nitrogen and oxygen atoms in total. The van der Waals surface area contributed by atoms with E-state index in [2.05, 4.69) is 16.8 Å². The first-order chi connectivity index (χ1) is 9.35. The first-order valence-corrected chi connectivity index (χ1v) is 7.83. The molecule has 1 fully saturated rings. The quantitative estimate of drug-likeness (QED) is 0.841. The largest absolute Gasteiger partial charge is 0.444 e. The maximum absolute atomic E-state index is 12.1. The fourth-order valence-corrected chi connectivity index (χ4v) is 2.87. The lowest BCUT2D eigenvalue weighted by Crippen LogP contribution is -2.54. The molecule has 1 aliphatic rings. The Labute approximate surface area is 124 Å². The first-order valence-electron chi connectivity index (χ1n) is 6.95. The third kappa shape index (κ3) is 4.18. The number of rotatable bonds is 2. The second-order valence-electron chi connectivity index (χ2n) is 6.17. The smallest absolute Gasteiger partial charge is 0.410 e. The van der Waals surface area contributed by atoms with Crippen LogP contribution < -0.4 is 0 Å². The highest BCUT2D eigenvalue weighted by molar-refractivity contribution is 7.09. The highest BCUT2D eigenvalue weighted by atomic mass is 32.1. The van der Waals surface area contributed by atoms with Gasteiger partial charge in [0.05, 0.1) is 6.54 Å². The van der Waals surface area contributed by atoms with Crippen LogP contribution in [-0.4, -0.2) is 52.2 Å². The molecule has 0 N–H and O–H groups in total. The Morgan fingerprint density at radius 2 is 2.25 bits per heavy atom. The summed E-state index contributed by atoms with van der Waals surface area (Å²) in [5, 5.41) is 3.12. The van der Waals surface area contributed by atoms with Gasteiger partial charge in [0, 0.05) is 37.3 Å². The molecule has 6 heteroatoms. The molecule has 0 aromatic carbocycles. The number of hydrogen-bond donors (Lipinski definition) is 0. The van der Waals surface area contributed by atoms with Crippen molar-refractivity contribution in [1.29, 1.82) is 0 Å². The van der Waals surface area contributed by atoms with E-state index in [9.17, 15) is 4.79 Å². The molecule has 112 valence electrons. The van der Waals surface area contributed by atoms with E-state index in [0.29, 0.717) is 19.1 Å². The predicted molar refractivity (Wildman–Crippen MR) is 79.8 cm³/mol. The fraction of sp³-hybridized carbons (Fsp3) is 0.714. The summed E-state index contributed by atoms with van der Waals surface area (Å²) in [6.45, 7) is 11.0. The van der Waals surface area contributed by atoms with Crippen LogP contribution in [0.2, 0.25) is 0 Å². The molecule has 1 atom stereocenters. The Hall–Kier alpha value is -1.14. The maximum Gasteiger partial charge on any atom is 0.410 e. The molecule has 1 aromatic rings. The highest BCUT2D eigenvalue weighted by Gasteiger charge is 2.29. The minimum Gasteiger partial charge on any atom is -0.444 e. The van der Waals surface area contributed by atoms with E-state index in [1.165, 1.54) is 0 Å². The third-order valence-corrected chi connectivity index (χ3v) is 4.00. The average molecular weight is 297 g/mol. The lowest BCUT2D eigenvalue weighted by Gasteiger charge is -2.39. The van der Waals surface area contributed by atoms with Gasteiger partial charge in [0.1, 0.15) is 10.6 Å². The Kier molecular flexibility index (Phi) is 4.65. The van der Waals surface area contributed by atoms with Gasteiger partial charge < -0.3 is 9.64 Å². The summed E-state index contributed by atoms with van der Waals surface area (Å²) in [5.41, 5.74) is -0.432. The van der Waals surface area contributed by atoms with Gasteiger partial charge in [-0.3, -0.25) is 4.90 Å². The second-order valence-corrected chi connectivity index (χ2v) is 7.15. The fourth-order valence-electron chi connectivity index (χ4n) is 2.23. The highest BCUT2D eigenvalue weighted by Crippen LogP contribution is 2.17. The van der Waals surface area contributed by atoms with Crippen molar-refractivity contribution in [3.8, 4) is 0 Å². The molecule has 20 heavy (non-hydrogen) atoms. The molecular formula is C14H23N3O2S. The zero-order chi connectivity index (χ0) is 14.8. The lowest BCUT2D eigenvalue weighted by molar-refractivity contribution is 0.00461. The van der Waals surface area contributed by atoms with Crippen LogP contribution in [0.3, 0.4) is 0 Å². The number of ether oxygens (including phenoxy) is 1. The predicted octanol–water partition coefficient (Wildman–Crippen LogP) is 2.58. The zero-order valence-corrected chi connectivity index (χ0v) is 13.4. The van der Waals surface area contributed by atoms with E-state index in [0.717, 1.165) is 18.1 Å². The number of carbonyl (C=O) groups is 1. The van der Waals surface area contributed by atoms with Gasteiger partial charge in [-0.05, 0) is 27.7 Å². The lowest BCUT2D eigenvalue weighted by atomic mass is 10.2. The number of nitrogens with zero attached hydrogens (tertiary/aromatic N) is 3. The maximum atomic E-state index is 12.1. The van der Waals surface area contributed by atoms with E-state index in [-0.39, 0.29) is 6.09 Å². The first kappa shape index (κ1) is 15.3. The Morgan fingerprint density at radius 1 is 1.50 bits per heavy atom. The topological polar surface area (TPSA) is 45.7 Å². The molecule has 0 spiro atoms. The van der Waals surface area contributed by atoms with Gasteiger partial charge in [-0.2, -0.15) is 0 Å². The van der Waals surface area contributed by atoms with E-state index < -0.39 is 5.60 Å². The van der Waals surface area contributed by atoms with Crippen LogP contribution in [0.15, 0.2) is 11.6 Å². The van der Waals surface area contributed by atoms with E-state index in [4.69, 9.17) is 4.74 Å². The molecule has 0 aliphatic carbocycles. The molecular weight excluding hydrogens is 274 g/mol. The standard InChI is InChI=1S/C14H23N3O2S/c1-11-9-17(13(18)19-14(2,3)4)7-6-16(11)10-12-15-5-8-20-12/h5,8,11H,6-7,9-10H2,1-4H3. The number of piperazine rings is 1. The van der Waals surface area contributed by atoms with Crippen LogP contribution in [0.4, 0.5) is 4.79 Å². The monoisotopic (exact) mass is 297 g/mol. The summed E-state index contributed by atoms with van der Waals surface area (Å²) in [6.07, 6.45) is 1.62. The van der Waals surface area contributed by atoms with Crippen molar-refractivity contribution in [2.75, 3.05) is 19.6 Å². The van der Waals surface area contributed by atoms with E-state index in [1.54, 1.807) is 16.2 Å². The second kappa shape index (κ2) is 6.10. The molecule has 1 unspecified atom stereocenters. The summed E-state index contributed by atoms with van der Waals surface area (Å²) >= 11 is 1.68. The molecule has 2 rings (SSSR count). The van der Waals surface area contributed by atoms with Crippen LogP contribution in [0, 0.1) is 0 Å². The van der Waals surface area contributed by atoms with Crippen molar-refractivity contribution < 1.29 is 9.53 Å². The van der Waals surface area contributed by atoms with Crippen molar-refractivity contribution in [2.45, 2.75) is 45.9 Å². The zero-order valence-electron chi connectivity index (χ0n) is 12.6. The van der Waals surface area contributed by atoms with Crippen LogP contribution >= 0.6 is 11.3 Å². The SMILES string of the molecule is CC1CN(C(=O)OC(C)(C)C)CCN1Cc1nccs1. The third-order valence-electron chi connectivity index (χ3n) is 3.24. The summed E-state index contributed by atoms with van der Waals surface area (Å²) in [6, 6.07) is 0.320. The number of hydrogen-bond acceptors (Lipinski definition) is 5. The van der Waals surface area contributed by atoms with Gasteiger partial charge in [0.25, 0.3) is 0 Å². The van der Waals surface area contributed by atoms with Gasteiger partial charge in [0.2, 0.25) is 0 Å². The summed E-state index contributed by atoms with van der Waals surface area (Å²) < 4.78 is 5.42. The van der Waals surface area contributed by atoms with E-state index in [1.807, 2.05) is 32.3 Å². The van der Waals surface area contributed by atoms with Crippen LogP contribution in [0.25, 0.3) is 0 Å². The van der Waals surface area contributed by atoms with E-state index >= 15 is 0 Å². The van der Waals surface area contributed by atoms with Gasteiger partial charge in [-0.25, -0.2) is 9.78 Å². The minimum atomic E-state index is -0.432. The Morgan fingerprint density at radius 3 is 2.80 bits per heavy atom. The minimum absolute atomic E-state index is 0.210. The van der Waals surface area contributed by atoms with Gasteiger partial charge in [0.15, 0.2) is 0 Å². The molecule has 1 saturated heterocycles. The number of thiazole rings is 1. The summed E-state index contributed by atoms with van der Waals surface area (Å²) in [5.74, 6) is 0. The van der Waals surface area contributed by atoms with Crippen LogP contribution in [-0.2, 0) is 11.3 Å². The van der Waals surface area contributed by atoms with Gasteiger partial charge in [-0.1, -0.05) is 0 Å². The van der Waals surface area contributed by atoms with Gasteiger partial charge in [-0.15, -0.1) is 11.3 Å². The van der Waals surface area contributed by atoms with Crippen molar-refractivity contribution in [1.82, 2.24) is 14.8 Å². The summed E-state index contributed by atoms with van der Waals surface area (Å²) in [4.78, 5) is 20.5. The van der Waals surface area contributed by atoms with Crippen LogP contribution in [0.1, 0.15) is 32.7 Å². The number of amides is 1. The van der Waals surface area contributed by atoms with Crippen molar-refractivity contribution >= 4 is 17.4 Å². The molecule has 0 bridgehead atoms. The molecule has 1 amide bonds. The average Bonchev–Trinajstić information content (AvgIpc) is 2.82. The number of carbonyl (C=O) groups excluding carboxylic acids is 1. The molecule has 2 heterocycles. The molecule has 0 radical (unpaired) electrons. The van der Waals surface area contributed by atoms with Gasteiger partial charge >= 0.3 is 6.09 Å². The summed E-state index contributed by atoms with van der Waals surface area (Å²) in [7, 11) is 0. The van der Waals surface area contributed by atoms with Crippen LogP contribution in [0.5, 0.6) is 0 Å². The Bertz CT molecular complexity index is 442. The molecule has 1 aromatic heterocycles. The van der Waals surface area contributed by atoms with Crippen molar-refractivity contribution in [3.63, 3.8) is 0 Å². The van der Waals surface area contributed by atoms with Crippen molar-refractivity contribution in [2.24, 2.45) is 0 Å². The Balaban J connectivity index is 1.87. The molecule has 0 saturated carbocycles. The normalized spacial score (nSPS) is 21.0. The molecule has 1 aliphatic heterocycles.